The highest BCUT2D eigenvalue weighted by Gasteiger charge is 2.30. The van der Waals surface area contributed by atoms with Crippen molar-refractivity contribution in [2.75, 3.05) is 6.61 Å². The van der Waals surface area contributed by atoms with Gasteiger partial charge in [0.1, 0.15) is 12.6 Å². The van der Waals surface area contributed by atoms with Crippen LogP contribution >= 0.6 is 0 Å². The molecule has 0 bridgehead atoms. The molecule has 0 spiro atoms. The highest BCUT2D eigenvalue weighted by molar-refractivity contribution is 5.86. The van der Waals surface area contributed by atoms with Crippen LogP contribution < -0.4 is 5.32 Å². The number of unbranched alkanes of at least 4 members (excludes halogenated alkanes) is 1. The number of hydrogen-bond donors (Lipinski definition) is 2. The van der Waals surface area contributed by atoms with E-state index in [0.29, 0.717) is 0 Å². The standard InChI is InChI=1S/C30H30N2O4/c1-2-3-16-32-18-20(21-10-8-9-15-28(21)32)17-27(29(33)34)31-30(35)36-19-26-24-13-6-4-11-22(24)23-12-5-7-14-25(23)26/h4-15,18,26-27H,2-3,16-17,19H2,1H3,(H,31,35)(H,33,34). The van der Waals surface area contributed by atoms with Crippen LogP contribution in [0, 0.1) is 0 Å². The Kier molecular flexibility index (Phi) is 6.76. The van der Waals surface area contributed by atoms with E-state index in [9.17, 15) is 14.7 Å². The van der Waals surface area contributed by atoms with E-state index in [-0.39, 0.29) is 18.9 Å². The Balaban J connectivity index is 1.29. The zero-order valence-corrected chi connectivity index (χ0v) is 20.3. The minimum Gasteiger partial charge on any atom is -0.480 e. The number of nitrogens with zero attached hydrogens (tertiary/aromatic N) is 1. The number of aromatic nitrogens is 1. The van der Waals surface area contributed by atoms with Gasteiger partial charge in [-0.2, -0.15) is 0 Å². The normalized spacial score (nSPS) is 13.2. The largest absolute Gasteiger partial charge is 0.480 e. The highest BCUT2D eigenvalue weighted by atomic mass is 16.5. The molecule has 1 aliphatic carbocycles. The minimum absolute atomic E-state index is 0.0806. The molecule has 5 rings (SSSR count). The molecule has 1 heterocycles. The minimum atomic E-state index is -1.09. The van der Waals surface area contributed by atoms with Gasteiger partial charge in [-0.3, -0.25) is 0 Å². The maximum atomic E-state index is 12.7. The number of alkyl carbamates (subject to hydrolysis) is 1. The van der Waals surface area contributed by atoms with E-state index in [0.717, 1.165) is 58.1 Å². The van der Waals surface area contributed by atoms with Crippen LogP contribution in [-0.2, 0) is 22.5 Å². The van der Waals surface area contributed by atoms with Crippen LogP contribution in [0.15, 0.2) is 79.0 Å². The van der Waals surface area contributed by atoms with Gasteiger partial charge in [-0.1, -0.05) is 80.1 Å². The number of carboxylic acids is 1. The van der Waals surface area contributed by atoms with Gasteiger partial charge in [0, 0.05) is 36.0 Å². The Hall–Kier alpha value is -4.06. The molecular formula is C30H30N2O4. The number of aliphatic carboxylic acids is 1. The fraction of sp³-hybridized carbons (Fsp3) is 0.267. The number of ether oxygens (including phenoxy) is 1. The number of amides is 1. The Morgan fingerprint density at radius 2 is 1.61 bits per heavy atom. The molecule has 1 atom stereocenters. The summed E-state index contributed by atoms with van der Waals surface area (Å²) in [5.41, 5.74) is 6.48. The predicted octanol–water partition coefficient (Wildman–Crippen LogP) is 5.98. The van der Waals surface area contributed by atoms with E-state index >= 15 is 0 Å². The summed E-state index contributed by atoms with van der Waals surface area (Å²) in [5.74, 6) is -1.17. The van der Waals surface area contributed by atoms with Crippen molar-refractivity contribution in [2.45, 2.75) is 44.7 Å². The number of fused-ring (bicyclic) bond motifs is 4. The van der Waals surface area contributed by atoms with Crippen molar-refractivity contribution in [3.63, 3.8) is 0 Å². The molecule has 6 heteroatoms. The first kappa shape index (κ1) is 23.7. The molecule has 1 amide bonds. The fourth-order valence-corrected chi connectivity index (χ4v) is 5.20. The zero-order chi connectivity index (χ0) is 25.1. The maximum Gasteiger partial charge on any atom is 0.407 e. The number of benzene rings is 3. The van der Waals surface area contributed by atoms with Gasteiger partial charge in [0.15, 0.2) is 0 Å². The summed E-state index contributed by atoms with van der Waals surface area (Å²) in [6, 6.07) is 23.1. The third kappa shape index (κ3) is 4.59. The van der Waals surface area contributed by atoms with Gasteiger partial charge in [-0.15, -0.1) is 0 Å². The van der Waals surface area contributed by atoms with E-state index in [1.807, 2.05) is 54.7 Å². The Labute approximate surface area is 210 Å². The molecule has 0 radical (unpaired) electrons. The molecule has 36 heavy (non-hydrogen) atoms. The lowest BCUT2D eigenvalue weighted by molar-refractivity contribution is -0.139. The zero-order valence-electron chi connectivity index (χ0n) is 20.3. The van der Waals surface area contributed by atoms with Crippen LogP contribution in [0.1, 0.15) is 42.4 Å². The van der Waals surface area contributed by atoms with Crippen LogP contribution in [-0.4, -0.2) is 34.4 Å². The monoisotopic (exact) mass is 482 g/mol. The number of rotatable bonds is 9. The number of carbonyl (C=O) groups is 2. The summed E-state index contributed by atoms with van der Waals surface area (Å²) in [6.45, 7) is 3.16. The third-order valence-electron chi connectivity index (χ3n) is 6.98. The summed E-state index contributed by atoms with van der Waals surface area (Å²) in [5, 5.41) is 13.5. The summed E-state index contributed by atoms with van der Waals surface area (Å²) in [7, 11) is 0. The molecule has 6 nitrogen and oxygen atoms in total. The third-order valence-corrected chi connectivity index (χ3v) is 6.98. The van der Waals surface area contributed by atoms with Gasteiger partial charge < -0.3 is 19.7 Å². The quantitative estimate of drug-likeness (QED) is 0.308. The van der Waals surface area contributed by atoms with Crippen molar-refractivity contribution in [3.8, 4) is 11.1 Å². The van der Waals surface area contributed by atoms with Crippen LogP contribution in [0.2, 0.25) is 0 Å². The number of nitrogens with one attached hydrogen (secondary N) is 1. The van der Waals surface area contributed by atoms with E-state index in [1.165, 1.54) is 0 Å². The second-order valence-electron chi connectivity index (χ2n) is 9.28. The topological polar surface area (TPSA) is 80.6 Å². The average molecular weight is 483 g/mol. The second-order valence-corrected chi connectivity index (χ2v) is 9.28. The molecule has 1 aromatic heterocycles. The first-order chi connectivity index (χ1) is 17.6. The smallest absolute Gasteiger partial charge is 0.407 e. The Morgan fingerprint density at radius 3 is 2.28 bits per heavy atom. The van der Waals surface area contributed by atoms with E-state index in [1.54, 1.807) is 0 Å². The van der Waals surface area contributed by atoms with Crippen LogP contribution in [0.3, 0.4) is 0 Å². The van der Waals surface area contributed by atoms with Crippen molar-refractivity contribution >= 4 is 23.0 Å². The molecule has 3 aromatic carbocycles. The number of carboxylic acid groups (broad SMARTS) is 1. The predicted molar refractivity (Wildman–Crippen MR) is 140 cm³/mol. The van der Waals surface area contributed by atoms with Gasteiger partial charge >= 0.3 is 12.1 Å². The number of carbonyl (C=O) groups excluding carboxylic acids is 1. The second kappa shape index (κ2) is 10.3. The molecule has 1 aliphatic rings. The van der Waals surface area contributed by atoms with Crippen molar-refractivity contribution in [3.05, 3.63) is 95.7 Å². The summed E-state index contributed by atoms with van der Waals surface area (Å²) >= 11 is 0. The molecule has 0 aliphatic heterocycles. The number of aryl methyl sites for hydroxylation is 1. The molecule has 1 unspecified atom stereocenters. The molecule has 4 aromatic rings. The Morgan fingerprint density at radius 1 is 0.972 bits per heavy atom. The van der Waals surface area contributed by atoms with Gasteiger partial charge in [0.2, 0.25) is 0 Å². The van der Waals surface area contributed by atoms with Crippen LogP contribution in [0.5, 0.6) is 0 Å². The summed E-state index contributed by atoms with van der Waals surface area (Å²) in [6.07, 6.45) is 3.58. The Bertz CT molecular complexity index is 1360. The van der Waals surface area contributed by atoms with Crippen molar-refractivity contribution < 1.29 is 19.4 Å². The SMILES string of the molecule is CCCCn1cc(CC(NC(=O)OCC2c3ccccc3-c3ccccc32)C(=O)O)c2ccccc21. The lowest BCUT2D eigenvalue weighted by Crippen LogP contribution is -2.42. The van der Waals surface area contributed by atoms with Gasteiger partial charge in [-0.05, 0) is 40.3 Å². The number of para-hydroxylation sites is 1. The summed E-state index contributed by atoms with van der Waals surface area (Å²) in [4.78, 5) is 24.8. The van der Waals surface area contributed by atoms with E-state index < -0.39 is 18.1 Å². The molecule has 0 saturated carbocycles. The summed E-state index contributed by atoms with van der Waals surface area (Å²) < 4.78 is 7.75. The molecule has 0 saturated heterocycles. The lowest BCUT2D eigenvalue weighted by Gasteiger charge is -2.17. The van der Waals surface area contributed by atoms with Crippen LogP contribution in [0.4, 0.5) is 4.79 Å². The number of hydrogen-bond acceptors (Lipinski definition) is 3. The first-order valence-electron chi connectivity index (χ1n) is 12.5. The molecule has 184 valence electrons. The van der Waals surface area contributed by atoms with Crippen molar-refractivity contribution in [1.29, 1.82) is 0 Å². The van der Waals surface area contributed by atoms with Gasteiger partial charge in [-0.25, -0.2) is 9.59 Å². The van der Waals surface area contributed by atoms with Gasteiger partial charge in [0.25, 0.3) is 0 Å². The van der Waals surface area contributed by atoms with E-state index in [2.05, 4.69) is 41.1 Å². The maximum absolute atomic E-state index is 12.7. The van der Waals surface area contributed by atoms with Gasteiger partial charge in [0.05, 0.1) is 0 Å². The fourth-order valence-electron chi connectivity index (χ4n) is 5.20. The average Bonchev–Trinajstić information content (AvgIpc) is 3.41. The molecule has 0 fully saturated rings. The first-order valence-corrected chi connectivity index (χ1v) is 12.5. The molecular weight excluding hydrogens is 452 g/mol. The van der Waals surface area contributed by atoms with Crippen molar-refractivity contribution in [1.82, 2.24) is 9.88 Å². The van der Waals surface area contributed by atoms with Crippen LogP contribution in [0.25, 0.3) is 22.0 Å². The van der Waals surface area contributed by atoms with E-state index in [4.69, 9.17) is 4.74 Å². The highest BCUT2D eigenvalue weighted by Crippen LogP contribution is 2.44. The molecule has 2 N–H and O–H groups in total. The lowest BCUT2D eigenvalue weighted by atomic mass is 9.98. The van der Waals surface area contributed by atoms with Crippen molar-refractivity contribution in [2.24, 2.45) is 0 Å².